The molecule has 0 saturated carbocycles. The Hall–Kier alpha value is -4.40. The number of Topliss-reactive ketones (excluding diaryl/α,β-unsaturated/α-hetero) is 1. The monoisotopic (exact) mass is 608 g/mol. The fourth-order valence-electron chi connectivity index (χ4n) is 4.18. The van der Waals surface area contributed by atoms with Crippen LogP contribution in [0.4, 0.5) is 9.59 Å². The van der Waals surface area contributed by atoms with E-state index in [0.717, 1.165) is 11.1 Å². The molecule has 1 unspecified atom stereocenters. The molecule has 0 radical (unpaired) electrons. The van der Waals surface area contributed by atoms with E-state index in [1.54, 1.807) is 33.9 Å². The second-order valence-electron chi connectivity index (χ2n) is 10.7. The van der Waals surface area contributed by atoms with E-state index in [9.17, 15) is 19.6 Å². The Balaban J connectivity index is 1.60. The normalized spacial score (nSPS) is 11.7. The number of benzene rings is 2. The summed E-state index contributed by atoms with van der Waals surface area (Å²) in [5.74, 6) is 0.0136. The lowest BCUT2D eigenvalue weighted by atomic mass is 9.97. The van der Waals surface area contributed by atoms with E-state index in [1.165, 1.54) is 12.1 Å². The first-order valence-corrected chi connectivity index (χ1v) is 14.3. The van der Waals surface area contributed by atoms with Crippen LogP contribution in [0.2, 0.25) is 5.02 Å². The third-order valence-electron chi connectivity index (χ3n) is 6.16. The average molecular weight is 609 g/mol. The van der Waals surface area contributed by atoms with Crippen molar-refractivity contribution in [1.29, 1.82) is 5.26 Å². The van der Waals surface area contributed by atoms with Crippen molar-refractivity contribution in [3.8, 4) is 11.8 Å². The Morgan fingerprint density at radius 1 is 1.02 bits per heavy atom. The van der Waals surface area contributed by atoms with Crippen molar-refractivity contribution in [2.45, 2.75) is 52.4 Å². The van der Waals surface area contributed by atoms with Crippen molar-refractivity contribution < 1.29 is 23.9 Å². The fraction of sp³-hybridized carbons (Fsp3) is 0.387. The molecule has 0 aliphatic rings. The molecule has 11 nitrogen and oxygen atoms in total. The van der Waals surface area contributed by atoms with Gasteiger partial charge in [-0.15, -0.1) is 0 Å². The number of halogens is 1. The van der Waals surface area contributed by atoms with Crippen LogP contribution in [-0.4, -0.2) is 55.2 Å². The predicted octanol–water partition coefficient (Wildman–Crippen LogP) is 5.15. The van der Waals surface area contributed by atoms with E-state index in [-0.39, 0.29) is 22.7 Å². The first kappa shape index (κ1) is 33.1. The van der Waals surface area contributed by atoms with Crippen LogP contribution >= 0.6 is 11.6 Å². The molecule has 1 heterocycles. The SMILES string of the molecule is CNC(Oc1cccc2ccc(C)nc12)c1c(Cl)ccc(C(=O)CNC(=O)NCCCCNC(=O)OC(C)(C)C)c1C#N. The number of aryl methyl sites for hydroxylation is 1. The maximum Gasteiger partial charge on any atom is 0.407 e. The lowest BCUT2D eigenvalue weighted by Gasteiger charge is -2.22. The molecule has 0 aliphatic carbocycles. The predicted molar refractivity (Wildman–Crippen MR) is 164 cm³/mol. The average Bonchev–Trinajstić information content (AvgIpc) is 2.95. The number of nitrogens with one attached hydrogen (secondary N) is 4. The number of nitrogens with zero attached hydrogens (tertiary/aromatic N) is 2. The summed E-state index contributed by atoms with van der Waals surface area (Å²) in [7, 11) is 1.65. The van der Waals surface area contributed by atoms with Crippen molar-refractivity contribution >= 4 is 40.4 Å². The van der Waals surface area contributed by atoms with Gasteiger partial charge in [0.2, 0.25) is 0 Å². The summed E-state index contributed by atoms with van der Waals surface area (Å²) >= 11 is 6.53. The summed E-state index contributed by atoms with van der Waals surface area (Å²) in [5.41, 5.74) is 1.34. The molecular formula is C31H37ClN6O5. The summed E-state index contributed by atoms with van der Waals surface area (Å²) < 4.78 is 11.4. The van der Waals surface area contributed by atoms with Crippen LogP contribution in [0.15, 0.2) is 42.5 Å². The van der Waals surface area contributed by atoms with E-state index in [4.69, 9.17) is 21.1 Å². The fourth-order valence-corrected chi connectivity index (χ4v) is 4.44. The minimum atomic E-state index is -0.871. The molecular weight excluding hydrogens is 572 g/mol. The highest BCUT2D eigenvalue weighted by Crippen LogP contribution is 2.33. The van der Waals surface area contributed by atoms with Crippen LogP contribution in [0.1, 0.15) is 67.0 Å². The highest BCUT2D eigenvalue weighted by atomic mass is 35.5. The molecule has 1 aromatic heterocycles. The van der Waals surface area contributed by atoms with Crippen LogP contribution in [0.25, 0.3) is 10.9 Å². The van der Waals surface area contributed by atoms with Crippen LogP contribution in [0, 0.1) is 18.3 Å². The molecule has 4 N–H and O–H groups in total. The molecule has 0 fully saturated rings. The van der Waals surface area contributed by atoms with Gasteiger partial charge in [0.05, 0.1) is 17.1 Å². The van der Waals surface area contributed by atoms with Crippen LogP contribution in [-0.2, 0) is 4.74 Å². The maximum atomic E-state index is 13.1. The van der Waals surface area contributed by atoms with E-state index in [1.807, 2.05) is 31.2 Å². The zero-order chi connectivity index (χ0) is 31.6. The van der Waals surface area contributed by atoms with Gasteiger partial charge in [-0.25, -0.2) is 14.6 Å². The number of rotatable bonds is 12. The van der Waals surface area contributed by atoms with E-state index in [0.29, 0.717) is 42.8 Å². The van der Waals surface area contributed by atoms with E-state index in [2.05, 4.69) is 32.3 Å². The van der Waals surface area contributed by atoms with Gasteiger partial charge in [-0.3, -0.25) is 10.1 Å². The Morgan fingerprint density at radius 2 is 1.74 bits per heavy atom. The van der Waals surface area contributed by atoms with Gasteiger partial charge in [-0.1, -0.05) is 29.8 Å². The molecule has 0 aliphatic heterocycles. The number of ether oxygens (including phenoxy) is 2. The number of para-hydroxylation sites is 1. The molecule has 0 bridgehead atoms. The number of nitriles is 1. The summed E-state index contributed by atoms with van der Waals surface area (Å²) in [6.45, 7) is 7.64. The second-order valence-corrected chi connectivity index (χ2v) is 11.1. The highest BCUT2D eigenvalue weighted by molar-refractivity contribution is 6.31. The lowest BCUT2D eigenvalue weighted by Crippen LogP contribution is -2.39. The molecule has 3 aromatic rings. The Labute approximate surface area is 256 Å². The summed E-state index contributed by atoms with van der Waals surface area (Å²) in [6, 6.07) is 13.9. The van der Waals surface area contributed by atoms with Gasteiger partial charge in [-0.05, 0) is 71.8 Å². The van der Waals surface area contributed by atoms with E-state index >= 15 is 0 Å². The van der Waals surface area contributed by atoms with Gasteiger partial charge in [0.15, 0.2) is 12.0 Å². The highest BCUT2D eigenvalue weighted by Gasteiger charge is 2.25. The largest absolute Gasteiger partial charge is 0.469 e. The Bertz CT molecular complexity index is 1520. The third kappa shape index (κ3) is 9.56. The Kier molecular flexibility index (Phi) is 11.7. The molecule has 3 amide bonds. The van der Waals surface area contributed by atoms with Gasteiger partial charge in [0.1, 0.15) is 22.9 Å². The molecule has 228 valence electrons. The number of pyridine rings is 1. The number of urea groups is 1. The van der Waals surface area contributed by atoms with Gasteiger partial charge in [0.25, 0.3) is 0 Å². The number of hydrogen-bond acceptors (Lipinski definition) is 8. The molecule has 3 rings (SSSR count). The minimum absolute atomic E-state index is 0.0425. The van der Waals surface area contributed by atoms with Crippen LogP contribution in [0.5, 0.6) is 5.75 Å². The first-order chi connectivity index (χ1) is 20.4. The third-order valence-corrected chi connectivity index (χ3v) is 6.49. The number of unbranched alkanes of at least 4 members (excludes halogenated alkanes) is 1. The van der Waals surface area contributed by atoms with Crippen molar-refractivity contribution in [3.63, 3.8) is 0 Å². The maximum absolute atomic E-state index is 13.1. The number of carbonyl (C=O) groups excluding carboxylic acids is 3. The number of amides is 3. The number of alkyl carbamates (subject to hydrolysis) is 1. The quantitative estimate of drug-likeness (QED) is 0.125. The molecule has 1 atom stereocenters. The molecule has 0 saturated heterocycles. The van der Waals surface area contributed by atoms with Gasteiger partial charge < -0.3 is 25.4 Å². The lowest BCUT2D eigenvalue weighted by molar-refractivity contribution is 0.0526. The Morgan fingerprint density at radius 3 is 2.42 bits per heavy atom. The zero-order valence-electron chi connectivity index (χ0n) is 25.0. The molecule has 2 aromatic carbocycles. The second kappa shape index (κ2) is 15.2. The summed E-state index contributed by atoms with van der Waals surface area (Å²) in [4.78, 5) is 41.6. The summed E-state index contributed by atoms with van der Waals surface area (Å²) in [5, 5.41) is 22.1. The van der Waals surface area contributed by atoms with Crippen molar-refractivity contribution in [2.75, 3.05) is 26.7 Å². The van der Waals surface area contributed by atoms with Gasteiger partial charge >= 0.3 is 12.1 Å². The zero-order valence-corrected chi connectivity index (χ0v) is 25.7. The minimum Gasteiger partial charge on any atom is -0.469 e. The number of hydrogen-bond donors (Lipinski definition) is 4. The molecule has 12 heteroatoms. The van der Waals surface area contributed by atoms with Crippen LogP contribution < -0.4 is 26.0 Å². The van der Waals surface area contributed by atoms with Gasteiger partial charge in [0, 0.05) is 35.3 Å². The standard InChI is InChI=1S/C31H37ClN6O5/c1-19-11-12-20-9-8-10-25(27(20)38-19)42-28(34-5)26-22(17-33)21(13-14-23(26)32)24(39)18-37-29(40)35-15-6-7-16-36-30(41)43-31(2,3)4/h8-14,28,34H,6-7,15-16,18H2,1-5H3,(H,36,41)(H2,35,37,40). The van der Waals surface area contributed by atoms with Crippen molar-refractivity contribution in [2.24, 2.45) is 0 Å². The van der Waals surface area contributed by atoms with Gasteiger partial charge in [-0.2, -0.15) is 5.26 Å². The topological polar surface area (TPSA) is 154 Å². The number of fused-ring (bicyclic) bond motifs is 1. The first-order valence-electron chi connectivity index (χ1n) is 13.9. The van der Waals surface area contributed by atoms with Crippen molar-refractivity contribution in [1.82, 2.24) is 26.3 Å². The van der Waals surface area contributed by atoms with E-state index < -0.39 is 29.7 Å². The number of carbonyl (C=O) groups is 3. The summed E-state index contributed by atoms with van der Waals surface area (Å²) in [6.07, 6.45) is -0.135. The van der Waals surface area contributed by atoms with Crippen molar-refractivity contribution in [3.05, 3.63) is 69.9 Å². The molecule has 0 spiro atoms. The molecule has 43 heavy (non-hydrogen) atoms. The number of aromatic nitrogens is 1. The number of ketones is 1. The van der Waals surface area contributed by atoms with Crippen LogP contribution in [0.3, 0.4) is 0 Å². The smallest absolute Gasteiger partial charge is 0.407 e.